The van der Waals surface area contributed by atoms with Crippen LogP contribution in [0.2, 0.25) is 5.02 Å². The Balaban J connectivity index is 1.35. The molecule has 8 nitrogen and oxygen atoms in total. The number of amides is 1. The van der Waals surface area contributed by atoms with Crippen molar-refractivity contribution in [2.24, 2.45) is 0 Å². The van der Waals surface area contributed by atoms with Gasteiger partial charge in [-0.25, -0.2) is 14.6 Å². The van der Waals surface area contributed by atoms with E-state index in [0.29, 0.717) is 48.2 Å². The third-order valence-electron chi connectivity index (χ3n) is 4.78. The summed E-state index contributed by atoms with van der Waals surface area (Å²) in [5.74, 6) is 1.44. The summed E-state index contributed by atoms with van der Waals surface area (Å²) >= 11 is 6.01. The van der Waals surface area contributed by atoms with E-state index >= 15 is 0 Å². The molecule has 1 amide bonds. The first-order valence-electron chi connectivity index (χ1n) is 8.95. The van der Waals surface area contributed by atoms with Gasteiger partial charge in [0.1, 0.15) is 17.2 Å². The molecule has 5 rings (SSSR count). The maximum absolute atomic E-state index is 12.9. The van der Waals surface area contributed by atoms with E-state index in [-0.39, 0.29) is 5.91 Å². The lowest BCUT2D eigenvalue weighted by atomic mass is 10.3. The van der Waals surface area contributed by atoms with Crippen LogP contribution in [0.1, 0.15) is 16.3 Å². The predicted molar refractivity (Wildman–Crippen MR) is 103 cm³/mol. The molecule has 0 aliphatic carbocycles. The number of hydrogen-bond donors (Lipinski definition) is 0. The number of fused-ring (bicyclic) bond motifs is 2. The van der Waals surface area contributed by atoms with E-state index in [0.717, 1.165) is 11.4 Å². The lowest BCUT2D eigenvalue weighted by Gasteiger charge is -2.18. The van der Waals surface area contributed by atoms with Gasteiger partial charge in [0.05, 0.1) is 11.6 Å². The Hall–Kier alpha value is -3.26. The fraction of sp³-hybridized carbons (Fsp3) is 0.211. The van der Waals surface area contributed by atoms with Crippen LogP contribution in [0, 0.1) is 0 Å². The van der Waals surface area contributed by atoms with E-state index in [1.54, 1.807) is 46.2 Å². The Kier molecular flexibility index (Phi) is 4.05. The molecular formula is C19H16ClN7O. The Morgan fingerprint density at radius 3 is 2.86 bits per heavy atom. The standard InChI is InChI=1S/C19H16ClN7O/c20-14-3-4-16-22-15(12-26(16)11-14)19(28)25-7-5-17-23-18(24-27(17)9-8-25)13-2-1-6-21-10-13/h1-4,6,10-12H,5,7-9H2. The van der Waals surface area contributed by atoms with Crippen molar-refractivity contribution in [3.63, 3.8) is 0 Å². The number of imidazole rings is 1. The van der Waals surface area contributed by atoms with Gasteiger partial charge in [-0.3, -0.25) is 9.78 Å². The first-order valence-corrected chi connectivity index (χ1v) is 9.33. The van der Waals surface area contributed by atoms with Crippen LogP contribution in [0.4, 0.5) is 0 Å². The van der Waals surface area contributed by atoms with Crippen molar-refractivity contribution in [1.82, 2.24) is 34.0 Å². The van der Waals surface area contributed by atoms with Crippen LogP contribution in [-0.2, 0) is 13.0 Å². The number of aromatic nitrogens is 6. The molecule has 0 aromatic carbocycles. The smallest absolute Gasteiger partial charge is 0.274 e. The van der Waals surface area contributed by atoms with Crippen molar-refractivity contribution >= 4 is 23.2 Å². The third kappa shape index (κ3) is 3.01. The summed E-state index contributed by atoms with van der Waals surface area (Å²) in [5.41, 5.74) is 1.99. The van der Waals surface area contributed by atoms with Gasteiger partial charge in [-0.2, -0.15) is 5.10 Å². The van der Waals surface area contributed by atoms with E-state index in [1.807, 2.05) is 16.8 Å². The van der Waals surface area contributed by atoms with Crippen LogP contribution in [0.5, 0.6) is 0 Å². The van der Waals surface area contributed by atoms with Crippen molar-refractivity contribution < 1.29 is 4.79 Å². The largest absolute Gasteiger partial charge is 0.335 e. The van der Waals surface area contributed by atoms with E-state index < -0.39 is 0 Å². The number of carbonyl (C=O) groups excluding carboxylic acids is 1. The molecule has 1 aliphatic rings. The van der Waals surface area contributed by atoms with Crippen LogP contribution >= 0.6 is 11.6 Å². The molecule has 0 saturated heterocycles. The topological polar surface area (TPSA) is 81.2 Å². The molecule has 28 heavy (non-hydrogen) atoms. The highest BCUT2D eigenvalue weighted by Gasteiger charge is 2.24. The zero-order valence-corrected chi connectivity index (χ0v) is 15.6. The normalized spacial score (nSPS) is 14.1. The van der Waals surface area contributed by atoms with Gasteiger partial charge in [0.15, 0.2) is 5.82 Å². The monoisotopic (exact) mass is 393 g/mol. The quantitative estimate of drug-likeness (QED) is 0.522. The molecule has 4 aromatic heterocycles. The molecule has 0 spiro atoms. The summed E-state index contributed by atoms with van der Waals surface area (Å²) in [7, 11) is 0. The fourth-order valence-corrected chi connectivity index (χ4v) is 3.52. The van der Waals surface area contributed by atoms with Gasteiger partial charge < -0.3 is 9.30 Å². The average Bonchev–Trinajstić information content (AvgIpc) is 3.27. The lowest BCUT2D eigenvalue weighted by Crippen LogP contribution is -2.34. The van der Waals surface area contributed by atoms with Gasteiger partial charge in [-0.1, -0.05) is 11.6 Å². The maximum Gasteiger partial charge on any atom is 0.274 e. The van der Waals surface area contributed by atoms with E-state index in [2.05, 4.69) is 20.1 Å². The zero-order valence-electron chi connectivity index (χ0n) is 14.9. The number of pyridine rings is 2. The Bertz CT molecular complexity index is 1140. The molecule has 0 bridgehead atoms. The van der Waals surface area contributed by atoms with Crippen LogP contribution in [0.15, 0.2) is 49.1 Å². The van der Waals surface area contributed by atoms with Crippen molar-refractivity contribution in [2.45, 2.75) is 13.0 Å². The van der Waals surface area contributed by atoms with Gasteiger partial charge in [-0.15, -0.1) is 0 Å². The number of halogens is 1. The SMILES string of the molecule is O=C(c1cn2cc(Cl)ccc2n1)N1CCc2nc(-c3cccnc3)nn2CC1. The fourth-order valence-electron chi connectivity index (χ4n) is 3.35. The summed E-state index contributed by atoms with van der Waals surface area (Å²) in [6, 6.07) is 7.35. The molecule has 0 unspecified atom stereocenters. The van der Waals surface area contributed by atoms with Gasteiger partial charge in [0, 0.05) is 49.9 Å². The summed E-state index contributed by atoms with van der Waals surface area (Å²) in [6.45, 7) is 1.71. The van der Waals surface area contributed by atoms with Gasteiger partial charge >= 0.3 is 0 Å². The molecule has 140 valence electrons. The van der Waals surface area contributed by atoms with Crippen molar-refractivity contribution in [3.8, 4) is 11.4 Å². The van der Waals surface area contributed by atoms with Crippen LogP contribution < -0.4 is 0 Å². The Labute approximate surface area is 165 Å². The van der Waals surface area contributed by atoms with Gasteiger partial charge in [-0.05, 0) is 24.3 Å². The van der Waals surface area contributed by atoms with Crippen LogP contribution in [0.25, 0.3) is 17.0 Å². The third-order valence-corrected chi connectivity index (χ3v) is 5.00. The minimum absolute atomic E-state index is 0.0990. The predicted octanol–water partition coefficient (Wildman–Crippen LogP) is 2.34. The lowest BCUT2D eigenvalue weighted by molar-refractivity contribution is 0.0753. The highest BCUT2D eigenvalue weighted by molar-refractivity contribution is 6.30. The zero-order chi connectivity index (χ0) is 19.1. The first-order chi connectivity index (χ1) is 13.7. The minimum Gasteiger partial charge on any atom is -0.335 e. The summed E-state index contributed by atoms with van der Waals surface area (Å²) in [4.78, 5) is 27.9. The second kappa shape index (κ2) is 6.72. The van der Waals surface area contributed by atoms with E-state index in [1.165, 1.54) is 0 Å². The molecule has 0 atom stereocenters. The van der Waals surface area contributed by atoms with E-state index in [9.17, 15) is 4.79 Å². The van der Waals surface area contributed by atoms with E-state index in [4.69, 9.17) is 11.6 Å². The molecule has 9 heteroatoms. The van der Waals surface area contributed by atoms with Crippen LogP contribution in [-0.4, -0.2) is 53.0 Å². The average molecular weight is 394 g/mol. The minimum atomic E-state index is -0.0990. The van der Waals surface area contributed by atoms with Crippen LogP contribution in [0.3, 0.4) is 0 Å². The molecule has 0 N–H and O–H groups in total. The number of nitrogens with zero attached hydrogens (tertiary/aromatic N) is 7. The summed E-state index contributed by atoms with van der Waals surface area (Å²) in [6.07, 6.45) is 7.56. The van der Waals surface area contributed by atoms with Crippen molar-refractivity contribution in [2.75, 3.05) is 13.1 Å². The summed E-state index contributed by atoms with van der Waals surface area (Å²) < 4.78 is 3.64. The molecule has 5 heterocycles. The second-order valence-corrected chi connectivity index (χ2v) is 7.03. The first kappa shape index (κ1) is 16.9. The van der Waals surface area contributed by atoms with Gasteiger partial charge in [0.25, 0.3) is 5.91 Å². The maximum atomic E-state index is 12.9. The number of carbonyl (C=O) groups is 1. The molecule has 4 aromatic rings. The highest BCUT2D eigenvalue weighted by atomic mass is 35.5. The second-order valence-electron chi connectivity index (χ2n) is 6.60. The van der Waals surface area contributed by atoms with Crippen molar-refractivity contribution in [3.05, 3.63) is 65.6 Å². The molecule has 1 aliphatic heterocycles. The number of hydrogen-bond acceptors (Lipinski definition) is 5. The Morgan fingerprint density at radius 2 is 2.00 bits per heavy atom. The van der Waals surface area contributed by atoms with Crippen molar-refractivity contribution in [1.29, 1.82) is 0 Å². The highest BCUT2D eigenvalue weighted by Crippen LogP contribution is 2.18. The molecular weight excluding hydrogens is 378 g/mol. The summed E-state index contributed by atoms with van der Waals surface area (Å²) in [5, 5.41) is 5.18. The molecule has 0 radical (unpaired) electrons. The molecule has 0 saturated carbocycles. The Morgan fingerprint density at radius 1 is 1.07 bits per heavy atom. The van der Waals surface area contributed by atoms with Gasteiger partial charge in [0.2, 0.25) is 0 Å². The molecule has 0 fully saturated rings. The number of rotatable bonds is 2.